The Morgan fingerprint density at radius 2 is 1.76 bits per heavy atom. The first-order valence-electron chi connectivity index (χ1n) is 7.98. The fourth-order valence-corrected chi connectivity index (χ4v) is 2.75. The normalized spacial score (nSPS) is 16.8. The van der Waals surface area contributed by atoms with Crippen molar-refractivity contribution >= 4 is 11.9 Å². The van der Waals surface area contributed by atoms with Crippen molar-refractivity contribution in [2.24, 2.45) is 0 Å². The third-order valence-electron chi connectivity index (χ3n) is 4.16. The van der Waals surface area contributed by atoms with Crippen molar-refractivity contribution in [3.05, 3.63) is 60.2 Å². The zero-order valence-corrected chi connectivity index (χ0v) is 13.8. The van der Waals surface area contributed by atoms with Gasteiger partial charge in [0.2, 0.25) is 6.10 Å². The Bertz CT molecular complexity index is 761. The van der Waals surface area contributed by atoms with Gasteiger partial charge in [-0.05, 0) is 17.7 Å². The van der Waals surface area contributed by atoms with E-state index in [4.69, 9.17) is 9.47 Å². The molecule has 1 heterocycles. The Labute approximate surface area is 145 Å². The van der Waals surface area contributed by atoms with E-state index in [0.29, 0.717) is 11.5 Å². The lowest BCUT2D eigenvalue weighted by Crippen LogP contribution is -2.51. The van der Waals surface area contributed by atoms with E-state index in [2.05, 4.69) is 0 Å². The Balaban J connectivity index is 1.73. The predicted molar refractivity (Wildman–Crippen MR) is 90.7 cm³/mol. The molecular formula is C19H19NO5. The summed E-state index contributed by atoms with van der Waals surface area (Å²) in [6, 6.07) is 15.3. The molecule has 0 fully saturated rings. The summed E-state index contributed by atoms with van der Waals surface area (Å²) in [5, 5.41) is 9.54. The topological polar surface area (TPSA) is 76.1 Å². The quantitative estimate of drug-likeness (QED) is 0.900. The number of carboxylic acids is 1. The number of likely N-dealkylation sites (N-methyl/N-ethyl adjacent to an activating group) is 1. The highest BCUT2D eigenvalue weighted by Gasteiger charge is 2.35. The summed E-state index contributed by atoms with van der Waals surface area (Å²) >= 11 is 0. The van der Waals surface area contributed by atoms with Gasteiger partial charge in [-0.25, -0.2) is 4.79 Å². The zero-order chi connectivity index (χ0) is 17.8. The highest BCUT2D eigenvalue weighted by molar-refractivity contribution is 5.87. The van der Waals surface area contributed by atoms with Crippen LogP contribution in [0, 0.1) is 0 Å². The van der Waals surface area contributed by atoms with Gasteiger partial charge in [-0.2, -0.15) is 0 Å². The molecule has 6 nitrogen and oxygen atoms in total. The Kier molecular flexibility index (Phi) is 4.88. The number of carboxylic acid groups (broad SMARTS) is 1. The first-order chi connectivity index (χ1) is 12.1. The maximum Gasteiger partial charge on any atom is 0.326 e. The number of carbonyl (C=O) groups is 2. The SMILES string of the molecule is CN(C(=O)[C@@H]1COc2ccccc2O1)[C@H](Cc1ccccc1)C(=O)O. The van der Waals surface area contributed by atoms with Crippen molar-refractivity contribution in [2.75, 3.05) is 13.7 Å². The molecule has 130 valence electrons. The fraction of sp³-hybridized carbons (Fsp3) is 0.263. The molecule has 1 aliphatic heterocycles. The van der Waals surface area contributed by atoms with Crippen LogP contribution in [0.1, 0.15) is 5.56 Å². The number of fused-ring (bicyclic) bond motifs is 1. The van der Waals surface area contributed by atoms with Gasteiger partial charge in [0.25, 0.3) is 5.91 Å². The highest BCUT2D eigenvalue weighted by Crippen LogP contribution is 2.31. The minimum absolute atomic E-state index is 0.0534. The number of carbonyl (C=O) groups excluding carboxylic acids is 1. The maximum absolute atomic E-state index is 12.7. The highest BCUT2D eigenvalue weighted by atomic mass is 16.6. The lowest BCUT2D eigenvalue weighted by Gasteiger charge is -2.31. The van der Waals surface area contributed by atoms with Crippen molar-refractivity contribution < 1.29 is 24.2 Å². The number of nitrogens with zero attached hydrogens (tertiary/aromatic N) is 1. The molecule has 0 aromatic heterocycles. The lowest BCUT2D eigenvalue weighted by atomic mass is 10.0. The largest absolute Gasteiger partial charge is 0.485 e. The molecule has 3 rings (SSSR count). The number of rotatable bonds is 5. The summed E-state index contributed by atoms with van der Waals surface area (Å²) in [6.45, 7) is 0.0534. The summed E-state index contributed by atoms with van der Waals surface area (Å²) in [6.07, 6.45) is -0.639. The van der Waals surface area contributed by atoms with Crippen LogP contribution in [0.3, 0.4) is 0 Å². The van der Waals surface area contributed by atoms with Crippen LogP contribution in [0.4, 0.5) is 0 Å². The van der Waals surface area contributed by atoms with Crippen molar-refractivity contribution in [2.45, 2.75) is 18.6 Å². The van der Waals surface area contributed by atoms with Crippen LogP contribution in [0.5, 0.6) is 11.5 Å². The molecule has 0 aliphatic carbocycles. The van der Waals surface area contributed by atoms with E-state index in [1.807, 2.05) is 36.4 Å². The van der Waals surface area contributed by atoms with Crippen molar-refractivity contribution in [3.8, 4) is 11.5 Å². The average molecular weight is 341 g/mol. The Morgan fingerprint density at radius 1 is 1.12 bits per heavy atom. The van der Waals surface area contributed by atoms with E-state index in [0.717, 1.165) is 5.56 Å². The molecule has 6 heteroatoms. The van der Waals surface area contributed by atoms with E-state index in [1.54, 1.807) is 18.2 Å². The molecule has 2 atom stereocenters. The van der Waals surface area contributed by atoms with Gasteiger partial charge in [-0.1, -0.05) is 42.5 Å². The number of amides is 1. The summed E-state index contributed by atoms with van der Waals surface area (Å²) in [7, 11) is 1.48. The molecule has 0 saturated carbocycles. The first kappa shape index (κ1) is 16.8. The first-order valence-corrected chi connectivity index (χ1v) is 7.98. The second kappa shape index (κ2) is 7.25. The molecule has 1 amide bonds. The molecule has 0 bridgehead atoms. The van der Waals surface area contributed by atoms with Gasteiger partial charge >= 0.3 is 5.97 Å². The molecule has 25 heavy (non-hydrogen) atoms. The smallest absolute Gasteiger partial charge is 0.326 e. The van der Waals surface area contributed by atoms with Crippen LogP contribution < -0.4 is 9.47 Å². The van der Waals surface area contributed by atoms with Crippen LogP contribution in [0.15, 0.2) is 54.6 Å². The van der Waals surface area contributed by atoms with Gasteiger partial charge in [0.05, 0.1) is 0 Å². The Hall–Kier alpha value is -3.02. The summed E-state index contributed by atoms with van der Waals surface area (Å²) in [5.41, 5.74) is 0.848. The Morgan fingerprint density at radius 3 is 2.44 bits per heavy atom. The van der Waals surface area contributed by atoms with Gasteiger partial charge in [-0.3, -0.25) is 4.79 Å². The van der Waals surface area contributed by atoms with Crippen molar-refractivity contribution in [1.29, 1.82) is 0 Å². The predicted octanol–water partition coefficient (Wildman–Crippen LogP) is 1.98. The lowest BCUT2D eigenvalue weighted by molar-refractivity contribution is -0.153. The van der Waals surface area contributed by atoms with Crippen molar-refractivity contribution in [1.82, 2.24) is 4.90 Å². The third-order valence-corrected chi connectivity index (χ3v) is 4.16. The van der Waals surface area contributed by atoms with E-state index < -0.39 is 24.0 Å². The molecule has 0 saturated heterocycles. The second-order valence-electron chi connectivity index (χ2n) is 5.86. The fourth-order valence-electron chi connectivity index (χ4n) is 2.75. The molecule has 0 spiro atoms. The van der Waals surface area contributed by atoms with Crippen LogP contribution in [-0.2, 0) is 16.0 Å². The number of hydrogen-bond acceptors (Lipinski definition) is 4. The maximum atomic E-state index is 12.7. The van der Waals surface area contributed by atoms with Gasteiger partial charge in [0.15, 0.2) is 11.5 Å². The second-order valence-corrected chi connectivity index (χ2v) is 5.86. The molecule has 1 N–H and O–H groups in total. The van der Waals surface area contributed by atoms with E-state index in [-0.39, 0.29) is 13.0 Å². The molecule has 0 unspecified atom stereocenters. The van der Waals surface area contributed by atoms with Crippen LogP contribution in [-0.4, -0.2) is 47.7 Å². The number of para-hydroxylation sites is 2. The van der Waals surface area contributed by atoms with E-state index >= 15 is 0 Å². The summed E-state index contributed by atoms with van der Waals surface area (Å²) < 4.78 is 11.2. The number of hydrogen-bond donors (Lipinski definition) is 1. The molecule has 0 radical (unpaired) electrons. The molecular weight excluding hydrogens is 322 g/mol. The van der Waals surface area contributed by atoms with Gasteiger partial charge in [0, 0.05) is 13.5 Å². The molecule has 2 aromatic carbocycles. The number of ether oxygens (including phenoxy) is 2. The van der Waals surface area contributed by atoms with Crippen LogP contribution in [0.25, 0.3) is 0 Å². The molecule has 2 aromatic rings. The van der Waals surface area contributed by atoms with E-state index in [1.165, 1.54) is 11.9 Å². The third kappa shape index (κ3) is 3.74. The van der Waals surface area contributed by atoms with Gasteiger partial charge in [0.1, 0.15) is 12.6 Å². The minimum atomic E-state index is -1.06. The average Bonchev–Trinajstić information content (AvgIpc) is 2.65. The summed E-state index contributed by atoms with van der Waals surface area (Å²) in [4.78, 5) is 25.6. The number of aliphatic carboxylic acids is 1. The van der Waals surface area contributed by atoms with Crippen LogP contribution >= 0.6 is 0 Å². The molecule has 1 aliphatic rings. The standard InChI is InChI=1S/C19H19NO5/c1-20(14(19(22)23)11-13-7-3-2-4-8-13)18(21)17-12-24-15-9-5-6-10-16(15)25-17/h2-10,14,17H,11-12H2,1H3,(H,22,23)/t14-,17+/m1/s1. The summed E-state index contributed by atoms with van der Waals surface area (Å²) in [5.74, 6) is -0.418. The van der Waals surface area contributed by atoms with Crippen LogP contribution in [0.2, 0.25) is 0 Å². The number of benzene rings is 2. The van der Waals surface area contributed by atoms with Crippen molar-refractivity contribution in [3.63, 3.8) is 0 Å². The zero-order valence-electron chi connectivity index (χ0n) is 13.8. The van der Waals surface area contributed by atoms with Gasteiger partial charge in [-0.15, -0.1) is 0 Å². The van der Waals surface area contributed by atoms with Gasteiger partial charge < -0.3 is 19.5 Å². The van der Waals surface area contributed by atoms with E-state index in [9.17, 15) is 14.7 Å². The monoisotopic (exact) mass is 341 g/mol. The minimum Gasteiger partial charge on any atom is -0.485 e.